The van der Waals surface area contributed by atoms with Crippen molar-refractivity contribution in [1.82, 2.24) is 0 Å². The van der Waals surface area contributed by atoms with Crippen LogP contribution in [0.4, 0.5) is 0 Å². The first-order valence-electron chi connectivity index (χ1n) is 14.9. The molecule has 0 bridgehead atoms. The molecule has 198 valence electrons. The Labute approximate surface area is 209 Å². The van der Waals surface area contributed by atoms with Crippen LogP contribution in [-0.2, 0) is 4.74 Å². The van der Waals surface area contributed by atoms with Gasteiger partial charge in [0, 0.05) is 6.61 Å². The Morgan fingerprint density at radius 3 is 1.55 bits per heavy atom. The molecule has 0 aliphatic carbocycles. The lowest BCUT2D eigenvalue weighted by atomic mass is 10.1. The van der Waals surface area contributed by atoms with E-state index in [4.69, 9.17) is 4.74 Å². The van der Waals surface area contributed by atoms with Crippen LogP contribution in [0.5, 0.6) is 0 Å². The van der Waals surface area contributed by atoms with Crippen LogP contribution in [0, 0.1) is 0 Å². The number of unbranched alkanes of at least 4 members (excludes halogenated alkanes) is 12. The zero-order valence-electron chi connectivity index (χ0n) is 23.3. The summed E-state index contributed by atoms with van der Waals surface area (Å²) in [6.45, 7) is 14.7. The predicted molar refractivity (Wildman–Crippen MR) is 147 cm³/mol. The molecule has 0 aliphatic rings. The van der Waals surface area contributed by atoms with Gasteiger partial charge < -0.3 is 14.3 Å². The summed E-state index contributed by atoms with van der Waals surface area (Å²) in [7, 11) is 0. The average Bonchev–Trinajstić information content (AvgIpc) is 2.78. The van der Waals surface area contributed by atoms with E-state index in [1.807, 2.05) is 0 Å². The fourth-order valence-corrected chi connectivity index (χ4v) is 5.20. The lowest BCUT2D eigenvalue weighted by Crippen LogP contribution is -2.54. The van der Waals surface area contributed by atoms with Gasteiger partial charge in [-0.15, -0.1) is 0 Å². The van der Waals surface area contributed by atoms with E-state index in [0.29, 0.717) is 6.61 Å². The van der Waals surface area contributed by atoms with Gasteiger partial charge in [0.15, 0.2) is 0 Å². The Kier molecular flexibility index (Phi) is 24.5. The molecule has 1 unspecified atom stereocenters. The zero-order valence-corrected chi connectivity index (χ0v) is 23.3. The summed E-state index contributed by atoms with van der Waals surface area (Å²) in [5.74, 6) is 0. The van der Waals surface area contributed by atoms with E-state index in [2.05, 4.69) is 39.8 Å². The van der Waals surface area contributed by atoms with Crippen LogP contribution in [0.2, 0.25) is 0 Å². The van der Waals surface area contributed by atoms with E-state index in [9.17, 15) is 5.11 Å². The van der Waals surface area contributed by atoms with Gasteiger partial charge in [-0.25, -0.2) is 0 Å². The molecule has 3 nitrogen and oxygen atoms in total. The lowest BCUT2D eigenvalue weighted by molar-refractivity contribution is -0.931. The number of ether oxygens (including phenoxy) is 1. The molecule has 33 heavy (non-hydrogen) atoms. The van der Waals surface area contributed by atoms with Gasteiger partial charge in [0.05, 0.1) is 26.2 Å². The zero-order chi connectivity index (χ0) is 24.5. The number of aliphatic hydroxyl groups excluding tert-OH is 1. The quantitative estimate of drug-likeness (QED) is 0.0783. The van der Waals surface area contributed by atoms with Gasteiger partial charge in [-0.3, -0.25) is 0 Å². The van der Waals surface area contributed by atoms with Crippen LogP contribution in [0.1, 0.15) is 137 Å². The van der Waals surface area contributed by atoms with Crippen molar-refractivity contribution in [3.63, 3.8) is 0 Å². The number of hydrogen-bond acceptors (Lipinski definition) is 2. The van der Waals surface area contributed by atoms with Crippen molar-refractivity contribution in [2.75, 3.05) is 39.4 Å². The molecule has 0 spiro atoms. The van der Waals surface area contributed by atoms with E-state index in [1.165, 1.54) is 122 Å². The second-order valence-electron chi connectivity index (χ2n) is 10.4. The minimum absolute atomic E-state index is 0.330. The van der Waals surface area contributed by atoms with E-state index < -0.39 is 0 Å². The SMILES string of the molecule is CCCCCCCC/C=C\CCCCCCCCOCC(O)C[N+](CCC)(CCC)CCC. The Morgan fingerprint density at radius 1 is 0.606 bits per heavy atom. The van der Waals surface area contributed by atoms with Crippen LogP contribution in [0.25, 0.3) is 0 Å². The molecule has 1 N–H and O–H groups in total. The van der Waals surface area contributed by atoms with Gasteiger partial charge >= 0.3 is 0 Å². The predicted octanol–water partition coefficient (Wildman–Crippen LogP) is 8.45. The Hall–Kier alpha value is -0.380. The standard InChI is InChI=1S/C30H62NO2/c1-5-9-10-11-12-13-14-15-16-17-18-19-20-21-22-23-27-33-29-30(32)28-31(24-6-2,25-7-3)26-8-4/h15-16,30,32H,5-14,17-29H2,1-4H3/q+1/b16-15-. The van der Waals surface area contributed by atoms with Gasteiger partial charge in [-0.1, -0.05) is 97.6 Å². The van der Waals surface area contributed by atoms with Gasteiger partial charge in [0.1, 0.15) is 12.6 Å². The molecule has 0 amide bonds. The summed E-state index contributed by atoms with van der Waals surface area (Å²) in [4.78, 5) is 0. The molecule has 0 rings (SSSR count). The summed E-state index contributed by atoms with van der Waals surface area (Å²) in [6, 6.07) is 0. The van der Waals surface area contributed by atoms with Gasteiger partial charge in [-0.05, 0) is 51.4 Å². The number of nitrogens with zero attached hydrogens (tertiary/aromatic N) is 1. The maximum Gasteiger partial charge on any atom is 0.126 e. The highest BCUT2D eigenvalue weighted by Crippen LogP contribution is 2.14. The van der Waals surface area contributed by atoms with Crippen molar-refractivity contribution < 1.29 is 14.3 Å². The van der Waals surface area contributed by atoms with E-state index in [-0.39, 0.29) is 6.10 Å². The Bertz CT molecular complexity index is 393. The second-order valence-corrected chi connectivity index (χ2v) is 10.4. The molecule has 0 aromatic heterocycles. The van der Waals surface area contributed by atoms with E-state index in [1.54, 1.807) is 0 Å². The van der Waals surface area contributed by atoms with Crippen LogP contribution >= 0.6 is 0 Å². The summed E-state index contributed by atoms with van der Waals surface area (Å²) in [6.07, 6.45) is 26.7. The van der Waals surface area contributed by atoms with Crippen LogP contribution in [0.15, 0.2) is 12.2 Å². The monoisotopic (exact) mass is 468 g/mol. The minimum Gasteiger partial charge on any atom is -0.385 e. The number of rotatable bonds is 26. The van der Waals surface area contributed by atoms with Crippen molar-refractivity contribution >= 4 is 0 Å². The maximum atomic E-state index is 10.6. The van der Waals surface area contributed by atoms with Crippen LogP contribution in [0.3, 0.4) is 0 Å². The van der Waals surface area contributed by atoms with Crippen molar-refractivity contribution in [3.05, 3.63) is 12.2 Å². The fraction of sp³-hybridized carbons (Fsp3) is 0.933. The van der Waals surface area contributed by atoms with E-state index >= 15 is 0 Å². The highest BCUT2D eigenvalue weighted by molar-refractivity contribution is 4.81. The molecule has 1 atom stereocenters. The summed E-state index contributed by atoms with van der Waals surface area (Å²) >= 11 is 0. The molecule has 0 heterocycles. The molecule has 0 radical (unpaired) electrons. The smallest absolute Gasteiger partial charge is 0.126 e. The first-order chi connectivity index (χ1) is 16.1. The summed E-state index contributed by atoms with van der Waals surface area (Å²) < 4.78 is 6.88. The third-order valence-corrected chi connectivity index (χ3v) is 6.80. The highest BCUT2D eigenvalue weighted by Gasteiger charge is 2.28. The summed E-state index contributed by atoms with van der Waals surface area (Å²) in [5, 5.41) is 10.6. The topological polar surface area (TPSA) is 29.5 Å². The molecule has 3 heteroatoms. The first kappa shape index (κ1) is 32.6. The van der Waals surface area contributed by atoms with Crippen molar-refractivity contribution in [2.24, 2.45) is 0 Å². The van der Waals surface area contributed by atoms with Crippen molar-refractivity contribution in [3.8, 4) is 0 Å². The van der Waals surface area contributed by atoms with Crippen molar-refractivity contribution in [1.29, 1.82) is 0 Å². The Balaban J connectivity index is 3.58. The Morgan fingerprint density at radius 2 is 1.06 bits per heavy atom. The molecule has 0 saturated carbocycles. The number of aliphatic hydroxyl groups is 1. The molecular formula is C30H62NO2+. The molecule has 0 saturated heterocycles. The van der Waals surface area contributed by atoms with Gasteiger partial charge in [0.2, 0.25) is 0 Å². The molecule has 0 aliphatic heterocycles. The minimum atomic E-state index is -0.330. The molecular weight excluding hydrogens is 406 g/mol. The third-order valence-electron chi connectivity index (χ3n) is 6.80. The molecule has 0 aromatic carbocycles. The highest BCUT2D eigenvalue weighted by atomic mass is 16.5. The maximum absolute atomic E-state index is 10.6. The van der Waals surface area contributed by atoms with Crippen molar-refractivity contribution in [2.45, 2.75) is 143 Å². The van der Waals surface area contributed by atoms with Gasteiger partial charge in [-0.2, -0.15) is 0 Å². The molecule has 0 aromatic rings. The largest absolute Gasteiger partial charge is 0.385 e. The third kappa shape index (κ3) is 20.7. The van der Waals surface area contributed by atoms with Crippen LogP contribution < -0.4 is 0 Å². The number of allylic oxidation sites excluding steroid dienone is 2. The normalized spacial score (nSPS) is 13.2. The first-order valence-corrected chi connectivity index (χ1v) is 14.9. The number of hydrogen-bond donors (Lipinski definition) is 1. The number of quaternary nitrogens is 1. The molecule has 0 fully saturated rings. The van der Waals surface area contributed by atoms with Gasteiger partial charge in [0.25, 0.3) is 0 Å². The van der Waals surface area contributed by atoms with E-state index in [0.717, 1.165) is 24.1 Å². The lowest BCUT2D eigenvalue weighted by Gasteiger charge is -2.39. The average molecular weight is 469 g/mol. The second kappa shape index (κ2) is 24.7. The fourth-order valence-electron chi connectivity index (χ4n) is 5.20. The summed E-state index contributed by atoms with van der Waals surface area (Å²) in [5.41, 5.74) is 0. The van der Waals surface area contributed by atoms with Crippen LogP contribution in [-0.4, -0.2) is 55.1 Å².